The lowest BCUT2D eigenvalue weighted by Gasteiger charge is -2.21. The molecule has 0 bridgehead atoms. The molecule has 7 nitrogen and oxygen atoms in total. The number of carbonyl (C=O) groups is 3. The van der Waals surface area contributed by atoms with Gasteiger partial charge >= 0.3 is 18.0 Å². The highest BCUT2D eigenvalue weighted by molar-refractivity contribution is 6.17. The Morgan fingerprint density at radius 2 is 1.63 bits per heavy atom. The van der Waals surface area contributed by atoms with Crippen LogP contribution in [0.2, 0.25) is 0 Å². The zero-order valence-electron chi connectivity index (χ0n) is 16.8. The van der Waals surface area contributed by atoms with Crippen LogP contribution in [0.3, 0.4) is 0 Å². The number of alkyl halides is 1. The van der Waals surface area contributed by atoms with Gasteiger partial charge in [-0.3, -0.25) is 4.79 Å². The second-order valence-corrected chi connectivity index (χ2v) is 6.98. The van der Waals surface area contributed by atoms with E-state index in [1.54, 1.807) is 38.1 Å². The Bertz CT molecular complexity index is 856. The fraction of sp³-hybridized carbons (Fsp3) is 0.318. The van der Waals surface area contributed by atoms with Crippen LogP contribution in [0.4, 0.5) is 4.79 Å². The Morgan fingerprint density at radius 3 is 2.30 bits per heavy atom. The number of rotatable bonds is 9. The predicted molar refractivity (Wildman–Crippen MR) is 111 cm³/mol. The molecule has 0 radical (unpaired) electrons. The summed E-state index contributed by atoms with van der Waals surface area (Å²) in [5.74, 6) is -1.26. The van der Waals surface area contributed by atoms with Gasteiger partial charge in [0.1, 0.15) is 18.4 Å². The van der Waals surface area contributed by atoms with Crippen LogP contribution in [-0.2, 0) is 32.1 Å². The number of esters is 2. The third kappa shape index (κ3) is 7.40. The summed E-state index contributed by atoms with van der Waals surface area (Å²) >= 11 is 5.40. The molecule has 0 saturated carbocycles. The second kappa shape index (κ2) is 11.8. The number of ether oxygens (including phenoxy) is 3. The lowest BCUT2D eigenvalue weighted by molar-refractivity contribution is -0.141. The Kier molecular flexibility index (Phi) is 9.15. The van der Waals surface area contributed by atoms with E-state index in [4.69, 9.17) is 25.8 Å². The Morgan fingerprint density at radius 1 is 0.967 bits per heavy atom. The zero-order chi connectivity index (χ0) is 21.9. The standard InChI is InChI=1S/C22H24ClNO6/c1-15(2)20(24-22(27)28-13-16-8-4-3-5-9-16)21(26)30-18-11-7-6-10-17(18)12-19(25)29-14-23/h3-11,15,20H,12-14H2,1-2H3,(H,24,27)/t20-/m0/s1. The first kappa shape index (κ1) is 23.2. The molecule has 0 spiro atoms. The molecule has 0 heterocycles. The maximum atomic E-state index is 12.7. The van der Waals surface area contributed by atoms with Gasteiger partial charge in [0.25, 0.3) is 0 Å². The third-order valence-electron chi connectivity index (χ3n) is 4.14. The van der Waals surface area contributed by atoms with Gasteiger partial charge in [-0.25, -0.2) is 9.59 Å². The number of amides is 1. The first-order valence-electron chi connectivity index (χ1n) is 9.39. The largest absolute Gasteiger partial charge is 0.449 e. The summed E-state index contributed by atoms with van der Waals surface area (Å²) < 4.78 is 15.4. The summed E-state index contributed by atoms with van der Waals surface area (Å²) in [5, 5.41) is 2.54. The molecule has 0 unspecified atom stereocenters. The minimum atomic E-state index is -0.934. The van der Waals surface area contributed by atoms with Gasteiger partial charge in [0.2, 0.25) is 0 Å². The monoisotopic (exact) mass is 433 g/mol. The number of nitrogens with one attached hydrogen (secondary N) is 1. The van der Waals surface area contributed by atoms with Crippen LogP contribution in [0.5, 0.6) is 5.75 Å². The molecule has 1 amide bonds. The first-order valence-corrected chi connectivity index (χ1v) is 9.92. The van der Waals surface area contributed by atoms with E-state index >= 15 is 0 Å². The predicted octanol–water partition coefficient (Wildman–Crippen LogP) is 3.83. The van der Waals surface area contributed by atoms with E-state index in [9.17, 15) is 14.4 Å². The lowest BCUT2D eigenvalue weighted by atomic mass is 10.0. The molecule has 2 aromatic rings. The smallest absolute Gasteiger partial charge is 0.408 e. The normalized spacial score (nSPS) is 11.5. The van der Waals surface area contributed by atoms with E-state index in [2.05, 4.69) is 5.32 Å². The van der Waals surface area contributed by atoms with Crippen LogP contribution in [0, 0.1) is 5.92 Å². The molecule has 1 atom stereocenters. The molecule has 0 saturated heterocycles. The molecule has 0 aromatic heterocycles. The quantitative estimate of drug-likeness (QED) is 0.367. The van der Waals surface area contributed by atoms with Crippen molar-refractivity contribution < 1.29 is 28.6 Å². The number of alkyl carbamates (subject to hydrolysis) is 1. The molecule has 0 aliphatic carbocycles. The zero-order valence-corrected chi connectivity index (χ0v) is 17.6. The molecule has 8 heteroatoms. The first-order chi connectivity index (χ1) is 14.4. The average molecular weight is 434 g/mol. The number of carbonyl (C=O) groups excluding carboxylic acids is 3. The van der Waals surface area contributed by atoms with Gasteiger partial charge in [-0.2, -0.15) is 0 Å². The van der Waals surface area contributed by atoms with Crippen LogP contribution in [0.25, 0.3) is 0 Å². The van der Waals surface area contributed by atoms with Gasteiger partial charge in [0, 0.05) is 5.56 Å². The van der Waals surface area contributed by atoms with E-state index in [0.29, 0.717) is 5.56 Å². The van der Waals surface area contributed by atoms with E-state index in [1.807, 2.05) is 30.3 Å². The summed E-state index contributed by atoms with van der Waals surface area (Å²) in [6.07, 6.45) is -0.830. The van der Waals surface area contributed by atoms with Crippen LogP contribution in [-0.4, -0.2) is 30.1 Å². The summed E-state index contributed by atoms with van der Waals surface area (Å²) in [4.78, 5) is 36.6. The van der Waals surface area contributed by atoms with Crippen molar-refractivity contribution in [3.05, 3.63) is 65.7 Å². The van der Waals surface area contributed by atoms with Crippen molar-refractivity contribution >= 4 is 29.6 Å². The molecule has 0 fully saturated rings. The molecule has 0 aliphatic rings. The molecular weight excluding hydrogens is 410 g/mol. The van der Waals surface area contributed by atoms with Crippen LogP contribution in [0.1, 0.15) is 25.0 Å². The number of benzene rings is 2. The Hall–Kier alpha value is -3.06. The van der Waals surface area contributed by atoms with Crippen molar-refractivity contribution in [2.75, 3.05) is 6.07 Å². The number of para-hydroxylation sites is 1. The van der Waals surface area contributed by atoms with Crippen molar-refractivity contribution in [3.8, 4) is 5.75 Å². The molecule has 30 heavy (non-hydrogen) atoms. The summed E-state index contributed by atoms with van der Waals surface area (Å²) in [6.45, 7) is 3.62. The highest BCUT2D eigenvalue weighted by atomic mass is 35.5. The van der Waals surface area contributed by atoms with Gasteiger partial charge in [-0.1, -0.05) is 74.0 Å². The van der Waals surface area contributed by atoms with Crippen LogP contribution >= 0.6 is 11.6 Å². The topological polar surface area (TPSA) is 90.9 Å². The van der Waals surface area contributed by atoms with Crippen molar-refractivity contribution in [3.63, 3.8) is 0 Å². The minimum Gasteiger partial charge on any atom is -0.449 e. The summed E-state index contributed by atoms with van der Waals surface area (Å²) in [7, 11) is 0. The van der Waals surface area contributed by atoms with E-state index in [-0.39, 0.29) is 30.8 Å². The van der Waals surface area contributed by atoms with Gasteiger partial charge in [-0.05, 0) is 17.5 Å². The molecular formula is C22H24ClNO6. The van der Waals surface area contributed by atoms with Gasteiger partial charge < -0.3 is 19.5 Å². The fourth-order valence-corrected chi connectivity index (χ4v) is 2.70. The molecule has 2 aromatic carbocycles. The highest BCUT2D eigenvalue weighted by Gasteiger charge is 2.27. The number of halogens is 1. The molecule has 1 N–H and O–H groups in total. The summed E-state index contributed by atoms with van der Waals surface area (Å²) in [6, 6.07) is 14.6. The van der Waals surface area contributed by atoms with E-state index in [1.165, 1.54) is 0 Å². The fourth-order valence-electron chi connectivity index (χ4n) is 2.58. The lowest BCUT2D eigenvalue weighted by Crippen LogP contribution is -2.46. The number of hydrogen-bond acceptors (Lipinski definition) is 6. The molecule has 0 aliphatic heterocycles. The van der Waals surface area contributed by atoms with Crippen LogP contribution in [0.15, 0.2) is 54.6 Å². The Balaban J connectivity index is 2.00. The average Bonchev–Trinajstić information content (AvgIpc) is 2.72. The van der Waals surface area contributed by atoms with Gasteiger partial charge in [0.15, 0.2) is 6.07 Å². The highest BCUT2D eigenvalue weighted by Crippen LogP contribution is 2.20. The van der Waals surface area contributed by atoms with Crippen molar-refractivity contribution in [1.29, 1.82) is 0 Å². The van der Waals surface area contributed by atoms with Crippen molar-refractivity contribution in [2.24, 2.45) is 5.92 Å². The van der Waals surface area contributed by atoms with Crippen molar-refractivity contribution in [1.82, 2.24) is 5.32 Å². The van der Waals surface area contributed by atoms with E-state index < -0.39 is 24.1 Å². The summed E-state index contributed by atoms with van der Waals surface area (Å²) in [5.41, 5.74) is 1.30. The van der Waals surface area contributed by atoms with Crippen LogP contribution < -0.4 is 10.1 Å². The maximum absolute atomic E-state index is 12.7. The van der Waals surface area contributed by atoms with Gasteiger partial charge in [0.05, 0.1) is 6.42 Å². The molecule has 160 valence electrons. The third-order valence-corrected chi connectivity index (χ3v) is 4.25. The Labute approximate surface area is 180 Å². The molecule has 2 rings (SSSR count). The maximum Gasteiger partial charge on any atom is 0.408 e. The van der Waals surface area contributed by atoms with E-state index in [0.717, 1.165) is 5.56 Å². The van der Waals surface area contributed by atoms with Gasteiger partial charge in [-0.15, -0.1) is 0 Å². The SMILES string of the molecule is CC(C)[C@H](NC(=O)OCc1ccccc1)C(=O)Oc1ccccc1CC(=O)OCCl. The number of hydrogen-bond donors (Lipinski definition) is 1. The minimum absolute atomic E-state index is 0.0814. The second-order valence-electron chi connectivity index (χ2n) is 6.76. The van der Waals surface area contributed by atoms with Crippen molar-refractivity contribution in [2.45, 2.75) is 32.9 Å².